The highest BCUT2D eigenvalue weighted by atomic mass is 16.1. The zero-order valence-corrected chi connectivity index (χ0v) is 20.7. The Balaban J connectivity index is 1.61. The lowest BCUT2D eigenvalue weighted by atomic mass is 9.43. The van der Waals surface area contributed by atoms with E-state index >= 15 is 0 Å². The van der Waals surface area contributed by atoms with Gasteiger partial charge >= 0.3 is 0 Å². The monoisotopic (exact) mass is 421 g/mol. The summed E-state index contributed by atoms with van der Waals surface area (Å²) in [7, 11) is 0. The Kier molecular flexibility index (Phi) is 5.81. The number of rotatable bonds is 4. The number of hydrogen-bond donors (Lipinski definition) is 0. The van der Waals surface area contributed by atoms with Crippen molar-refractivity contribution < 1.29 is 4.79 Å². The number of fused-ring (bicyclic) bond motifs is 5. The first-order valence-electron chi connectivity index (χ1n) is 12.9. The first-order chi connectivity index (χ1) is 14.6. The van der Waals surface area contributed by atoms with Crippen LogP contribution in [0.25, 0.3) is 0 Å². The van der Waals surface area contributed by atoms with E-state index < -0.39 is 5.41 Å². The van der Waals surface area contributed by atoms with Crippen LogP contribution >= 0.6 is 0 Å². The molecule has 0 spiro atoms. The normalized spacial score (nSPS) is 44.3. The molecule has 0 bridgehead atoms. The average Bonchev–Trinajstić information content (AvgIpc) is 3.09. The second-order valence-electron chi connectivity index (χ2n) is 12.4. The fraction of sp³-hybridized carbons (Fsp3) is 0.793. The van der Waals surface area contributed by atoms with Gasteiger partial charge in [-0.25, -0.2) is 0 Å². The zero-order chi connectivity index (χ0) is 22.6. The molecule has 1 unspecified atom stereocenters. The van der Waals surface area contributed by atoms with Gasteiger partial charge in [-0.1, -0.05) is 65.3 Å². The standard InChI is InChI=1S/C29H43NO/c1-19(2)20(3)7-8-21(4)24-9-10-25-23-12-16-29(18-30)17-22(31)11-15-28(29,6)26(23)13-14-27(24,25)5/h7-8,12,19-21,24-26H,9-11,13-17H2,1-6H3/b8-7+/t20-,21+,24+,25-,26?,27+,28+,29-/m0/s1. The van der Waals surface area contributed by atoms with E-state index in [1.54, 1.807) is 5.57 Å². The van der Waals surface area contributed by atoms with Crippen molar-refractivity contribution in [3.05, 3.63) is 23.8 Å². The number of carbonyl (C=O) groups excluding carboxylic acids is 1. The van der Waals surface area contributed by atoms with Crippen molar-refractivity contribution >= 4 is 5.78 Å². The lowest BCUT2D eigenvalue weighted by Gasteiger charge is -2.59. The molecule has 0 aliphatic heterocycles. The van der Waals surface area contributed by atoms with Crippen LogP contribution in [0.4, 0.5) is 0 Å². The number of nitriles is 1. The summed E-state index contributed by atoms with van der Waals surface area (Å²) in [6.45, 7) is 14.3. The minimum Gasteiger partial charge on any atom is -0.300 e. The molecule has 0 aromatic heterocycles. The highest BCUT2D eigenvalue weighted by Gasteiger charge is 2.63. The van der Waals surface area contributed by atoms with Crippen LogP contribution in [-0.4, -0.2) is 5.78 Å². The Hall–Kier alpha value is -1.36. The van der Waals surface area contributed by atoms with Crippen molar-refractivity contribution in [1.82, 2.24) is 0 Å². The van der Waals surface area contributed by atoms with Gasteiger partial charge in [-0.15, -0.1) is 0 Å². The lowest BCUT2D eigenvalue weighted by molar-refractivity contribution is -0.131. The molecule has 31 heavy (non-hydrogen) atoms. The number of nitrogens with zero attached hydrogens (tertiary/aromatic N) is 1. The van der Waals surface area contributed by atoms with Crippen molar-refractivity contribution in [2.24, 2.45) is 51.8 Å². The van der Waals surface area contributed by atoms with Gasteiger partial charge in [0.25, 0.3) is 0 Å². The second-order valence-corrected chi connectivity index (χ2v) is 12.4. The molecule has 3 fully saturated rings. The van der Waals surface area contributed by atoms with Gasteiger partial charge in [0, 0.05) is 12.8 Å². The maximum atomic E-state index is 12.3. The molecule has 4 rings (SSSR count). The molecule has 0 saturated heterocycles. The Morgan fingerprint density at radius 2 is 1.81 bits per heavy atom. The SMILES string of the molecule is CC(C)[C@@H](C)/C=C/[C@@H](C)[C@H]1CC[C@H]2C3=CC[C@@]4(C#N)CC(=O)CC[C@]4(C)C3CC[C@]12C. The Morgan fingerprint density at radius 1 is 1.06 bits per heavy atom. The summed E-state index contributed by atoms with van der Waals surface area (Å²) in [5.74, 6) is 4.17. The van der Waals surface area contributed by atoms with Crippen LogP contribution in [0, 0.1) is 63.1 Å². The van der Waals surface area contributed by atoms with Crippen LogP contribution in [0.1, 0.15) is 92.9 Å². The van der Waals surface area contributed by atoms with E-state index in [2.05, 4.69) is 65.8 Å². The van der Waals surface area contributed by atoms with Gasteiger partial charge in [0.15, 0.2) is 0 Å². The van der Waals surface area contributed by atoms with Gasteiger partial charge in [0.2, 0.25) is 0 Å². The Morgan fingerprint density at radius 3 is 2.48 bits per heavy atom. The number of hydrogen-bond acceptors (Lipinski definition) is 2. The lowest BCUT2D eigenvalue weighted by Crippen LogP contribution is -2.54. The van der Waals surface area contributed by atoms with E-state index in [1.165, 1.54) is 25.7 Å². The summed E-state index contributed by atoms with van der Waals surface area (Å²) in [5.41, 5.74) is 1.55. The van der Waals surface area contributed by atoms with Crippen LogP contribution in [-0.2, 0) is 4.79 Å². The maximum absolute atomic E-state index is 12.3. The highest BCUT2D eigenvalue weighted by molar-refractivity contribution is 5.81. The molecular weight excluding hydrogens is 378 g/mol. The largest absolute Gasteiger partial charge is 0.300 e. The van der Waals surface area contributed by atoms with Crippen molar-refractivity contribution in [3.63, 3.8) is 0 Å². The zero-order valence-electron chi connectivity index (χ0n) is 20.7. The summed E-state index contributed by atoms with van der Waals surface area (Å²) in [6.07, 6.45) is 15.3. The van der Waals surface area contributed by atoms with Crippen LogP contribution in [0.5, 0.6) is 0 Å². The van der Waals surface area contributed by atoms with Gasteiger partial charge in [-0.05, 0) is 84.9 Å². The number of allylic oxidation sites excluding steroid dienone is 4. The summed E-state index contributed by atoms with van der Waals surface area (Å²) >= 11 is 0. The van der Waals surface area contributed by atoms with Crippen LogP contribution in [0.2, 0.25) is 0 Å². The Labute approximate surface area is 190 Å². The molecule has 4 aliphatic rings. The molecule has 3 saturated carbocycles. The predicted molar refractivity (Wildman–Crippen MR) is 127 cm³/mol. The summed E-state index contributed by atoms with van der Waals surface area (Å²) < 4.78 is 0. The molecule has 2 heteroatoms. The van der Waals surface area contributed by atoms with Crippen molar-refractivity contribution in [2.75, 3.05) is 0 Å². The smallest absolute Gasteiger partial charge is 0.134 e. The minimum absolute atomic E-state index is 0.0304. The second kappa shape index (κ2) is 7.90. The molecule has 2 nitrogen and oxygen atoms in total. The third-order valence-electron chi connectivity index (χ3n) is 10.8. The predicted octanol–water partition coefficient (Wildman–Crippen LogP) is 7.51. The summed E-state index contributed by atoms with van der Waals surface area (Å²) in [4.78, 5) is 12.3. The van der Waals surface area contributed by atoms with Crippen molar-refractivity contribution in [1.29, 1.82) is 5.26 Å². The van der Waals surface area contributed by atoms with E-state index in [1.807, 2.05) is 0 Å². The average molecular weight is 422 g/mol. The fourth-order valence-electron chi connectivity index (χ4n) is 8.16. The molecule has 0 aromatic rings. The van der Waals surface area contributed by atoms with Gasteiger partial charge in [-0.3, -0.25) is 4.79 Å². The van der Waals surface area contributed by atoms with Crippen molar-refractivity contribution in [3.8, 4) is 6.07 Å². The third-order valence-corrected chi connectivity index (χ3v) is 10.8. The topological polar surface area (TPSA) is 40.9 Å². The van der Waals surface area contributed by atoms with E-state index in [0.29, 0.717) is 53.6 Å². The first-order valence-corrected chi connectivity index (χ1v) is 12.9. The van der Waals surface area contributed by atoms with E-state index in [0.717, 1.165) is 18.8 Å². The number of ketones is 1. The molecule has 4 aliphatic carbocycles. The van der Waals surface area contributed by atoms with Gasteiger partial charge < -0.3 is 0 Å². The van der Waals surface area contributed by atoms with Crippen LogP contribution in [0.3, 0.4) is 0 Å². The maximum Gasteiger partial charge on any atom is 0.134 e. The van der Waals surface area contributed by atoms with E-state index in [9.17, 15) is 10.1 Å². The fourth-order valence-corrected chi connectivity index (χ4v) is 8.16. The Bertz CT molecular complexity index is 830. The van der Waals surface area contributed by atoms with Gasteiger partial charge in [0.1, 0.15) is 5.78 Å². The molecule has 0 heterocycles. The molecule has 0 aromatic carbocycles. The molecule has 0 radical (unpaired) electrons. The molecule has 0 N–H and O–H groups in total. The van der Waals surface area contributed by atoms with Gasteiger partial charge in [-0.2, -0.15) is 5.26 Å². The molecule has 0 amide bonds. The summed E-state index contributed by atoms with van der Waals surface area (Å²) in [5, 5.41) is 10.2. The highest BCUT2D eigenvalue weighted by Crippen LogP contribution is 2.69. The van der Waals surface area contributed by atoms with Crippen molar-refractivity contribution in [2.45, 2.75) is 92.9 Å². The van der Waals surface area contributed by atoms with Crippen LogP contribution < -0.4 is 0 Å². The van der Waals surface area contributed by atoms with E-state index in [-0.39, 0.29) is 5.41 Å². The first kappa shape index (κ1) is 22.8. The van der Waals surface area contributed by atoms with Gasteiger partial charge in [0.05, 0.1) is 11.5 Å². The third kappa shape index (κ3) is 3.37. The molecule has 170 valence electrons. The molecular formula is C29H43NO. The minimum atomic E-state index is -0.467. The van der Waals surface area contributed by atoms with E-state index in [4.69, 9.17) is 0 Å². The quantitative estimate of drug-likeness (QED) is 0.441. The van der Waals surface area contributed by atoms with Crippen LogP contribution in [0.15, 0.2) is 23.8 Å². The summed E-state index contributed by atoms with van der Waals surface area (Å²) in [6, 6.07) is 2.68. The molecule has 8 atom stereocenters. The number of carbonyl (C=O) groups is 1. The number of Topliss-reactive ketones (excluding diaryl/α,β-unsaturated/α-hetero) is 1.